The van der Waals surface area contributed by atoms with Crippen LogP contribution in [0.5, 0.6) is 23.0 Å². The SMILES string of the molecule is COc1ccc2[nH]cc(/C(C#N)=C(\C(=C(\C#N)c3c[nH]c4ccc(Br)cc34)c3cnccc3Oc3ccccc3)c3cnccc3OC)c2c1. The van der Waals surface area contributed by atoms with Crippen molar-refractivity contribution in [1.82, 2.24) is 19.9 Å². The molecule has 7 aromatic rings. The monoisotopic (exact) mass is 718 g/mol. The van der Waals surface area contributed by atoms with Crippen molar-refractivity contribution in [2.24, 2.45) is 0 Å². The molecule has 0 aliphatic carbocycles. The van der Waals surface area contributed by atoms with Gasteiger partial charge in [0.1, 0.15) is 35.1 Å². The topological polar surface area (TPSA) is 133 Å². The van der Waals surface area contributed by atoms with Gasteiger partial charge in [-0.25, -0.2) is 0 Å². The minimum atomic E-state index is 0.258. The van der Waals surface area contributed by atoms with Gasteiger partial charge in [0.15, 0.2) is 0 Å². The summed E-state index contributed by atoms with van der Waals surface area (Å²) in [6.45, 7) is 0. The molecular formula is C40H27BrN6O3. The van der Waals surface area contributed by atoms with Gasteiger partial charge in [-0.15, -0.1) is 0 Å². The number of allylic oxidation sites excluding steroid dienone is 4. The van der Waals surface area contributed by atoms with Crippen LogP contribution in [0, 0.1) is 22.7 Å². The summed E-state index contributed by atoms with van der Waals surface area (Å²) in [6.07, 6.45) is 10.1. The normalized spacial score (nSPS) is 12.1. The second-order valence-electron chi connectivity index (χ2n) is 11.1. The van der Waals surface area contributed by atoms with E-state index in [0.29, 0.717) is 56.4 Å². The van der Waals surface area contributed by atoms with Crippen molar-refractivity contribution >= 4 is 60.0 Å². The number of halogens is 1. The fourth-order valence-corrected chi connectivity index (χ4v) is 6.41. The maximum Gasteiger partial charge on any atom is 0.138 e. The van der Waals surface area contributed by atoms with E-state index in [1.807, 2.05) is 66.7 Å². The summed E-state index contributed by atoms with van der Waals surface area (Å²) in [5.41, 5.74) is 5.12. The number of nitrogens with zero attached hydrogens (tertiary/aromatic N) is 4. The zero-order valence-electron chi connectivity index (χ0n) is 26.9. The number of hydrogen-bond acceptors (Lipinski definition) is 7. The Hall–Kier alpha value is -6.62. The standard InChI is InChI=1S/C40H27BrN6O3/c1-48-26-9-11-36-28(17-26)32(23-47-36)30(19-43)39(33-20-44-14-12-37(33)49-2)40(29(18-42)31-22-46-35-10-8-24(41)16-27(31)35)34-21-45-15-13-38(34)50-25-6-4-3-5-7-25/h3-17,20-23,46-47H,1-2H3/b39-30-,40-29-. The van der Waals surface area contributed by atoms with Gasteiger partial charge in [0.25, 0.3) is 0 Å². The van der Waals surface area contributed by atoms with Gasteiger partial charge < -0.3 is 24.2 Å². The number of ether oxygens (including phenoxy) is 3. The molecule has 242 valence electrons. The molecule has 0 saturated heterocycles. The number of nitriles is 2. The van der Waals surface area contributed by atoms with Crippen molar-refractivity contribution in [3.05, 3.63) is 143 Å². The lowest BCUT2D eigenvalue weighted by Crippen LogP contribution is -2.03. The van der Waals surface area contributed by atoms with E-state index < -0.39 is 0 Å². The third-order valence-corrected chi connectivity index (χ3v) is 8.83. The first-order chi connectivity index (χ1) is 24.5. The molecule has 0 unspecified atom stereocenters. The quantitative estimate of drug-likeness (QED) is 0.112. The van der Waals surface area contributed by atoms with Crippen LogP contribution in [-0.2, 0) is 0 Å². The third kappa shape index (κ3) is 5.85. The largest absolute Gasteiger partial charge is 0.497 e. The van der Waals surface area contributed by atoms with Crippen molar-refractivity contribution in [2.45, 2.75) is 0 Å². The Balaban J connectivity index is 1.67. The van der Waals surface area contributed by atoms with Crippen LogP contribution in [0.15, 0.2) is 121 Å². The molecule has 10 heteroatoms. The summed E-state index contributed by atoms with van der Waals surface area (Å²) in [5, 5.41) is 24.0. The average molecular weight is 720 g/mol. The van der Waals surface area contributed by atoms with E-state index in [9.17, 15) is 10.5 Å². The maximum atomic E-state index is 11.2. The fraction of sp³-hybridized carbons (Fsp3) is 0.0500. The molecule has 7 rings (SSSR count). The Labute approximate surface area is 295 Å². The Morgan fingerprint density at radius 1 is 0.640 bits per heavy atom. The lowest BCUT2D eigenvalue weighted by atomic mass is 9.82. The summed E-state index contributed by atoms with van der Waals surface area (Å²) >= 11 is 3.60. The number of para-hydroxylation sites is 1. The zero-order valence-corrected chi connectivity index (χ0v) is 28.4. The molecule has 0 aliphatic rings. The maximum absolute atomic E-state index is 11.2. The molecule has 0 radical (unpaired) electrons. The first-order valence-electron chi connectivity index (χ1n) is 15.4. The van der Waals surface area contributed by atoms with E-state index in [4.69, 9.17) is 14.2 Å². The Kier molecular flexibility index (Phi) is 8.85. The lowest BCUT2D eigenvalue weighted by Gasteiger charge is -2.21. The number of pyridine rings is 2. The molecule has 4 heterocycles. The van der Waals surface area contributed by atoms with E-state index >= 15 is 0 Å². The van der Waals surface area contributed by atoms with Gasteiger partial charge in [-0.2, -0.15) is 10.5 Å². The Morgan fingerprint density at radius 2 is 1.22 bits per heavy atom. The molecule has 50 heavy (non-hydrogen) atoms. The molecule has 0 saturated carbocycles. The van der Waals surface area contributed by atoms with Crippen LogP contribution in [0.1, 0.15) is 22.3 Å². The summed E-state index contributed by atoms with van der Waals surface area (Å²) in [7, 11) is 3.15. The van der Waals surface area contributed by atoms with Gasteiger partial charge in [-0.1, -0.05) is 34.1 Å². The van der Waals surface area contributed by atoms with Crippen LogP contribution in [-0.4, -0.2) is 34.2 Å². The predicted molar refractivity (Wildman–Crippen MR) is 197 cm³/mol. The number of fused-ring (bicyclic) bond motifs is 2. The van der Waals surface area contributed by atoms with E-state index in [-0.39, 0.29) is 11.1 Å². The smallest absolute Gasteiger partial charge is 0.138 e. The van der Waals surface area contributed by atoms with Gasteiger partial charge in [0.2, 0.25) is 0 Å². The summed E-state index contributed by atoms with van der Waals surface area (Å²) < 4.78 is 18.8. The van der Waals surface area contributed by atoms with Gasteiger partial charge in [-0.05, 0) is 60.7 Å². The van der Waals surface area contributed by atoms with E-state index in [0.717, 1.165) is 26.3 Å². The number of rotatable bonds is 9. The van der Waals surface area contributed by atoms with Gasteiger partial charge in [-0.3, -0.25) is 9.97 Å². The number of nitrogens with one attached hydrogen (secondary N) is 2. The Morgan fingerprint density at radius 3 is 1.82 bits per heavy atom. The highest BCUT2D eigenvalue weighted by molar-refractivity contribution is 9.10. The highest BCUT2D eigenvalue weighted by atomic mass is 79.9. The number of methoxy groups -OCH3 is 2. The molecule has 0 amide bonds. The molecule has 0 bridgehead atoms. The molecule has 0 spiro atoms. The summed E-state index contributed by atoms with van der Waals surface area (Å²) in [5.74, 6) is 2.08. The van der Waals surface area contributed by atoms with Gasteiger partial charge in [0, 0.05) is 96.9 Å². The number of benzene rings is 3. The van der Waals surface area contributed by atoms with Crippen molar-refractivity contribution in [2.75, 3.05) is 14.2 Å². The minimum absolute atomic E-state index is 0.258. The van der Waals surface area contributed by atoms with Crippen molar-refractivity contribution in [3.63, 3.8) is 0 Å². The highest BCUT2D eigenvalue weighted by Gasteiger charge is 2.29. The van der Waals surface area contributed by atoms with Crippen LogP contribution in [0.3, 0.4) is 0 Å². The summed E-state index contributed by atoms with van der Waals surface area (Å²) in [4.78, 5) is 15.6. The highest BCUT2D eigenvalue weighted by Crippen LogP contribution is 2.48. The second-order valence-corrected chi connectivity index (χ2v) is 12.0. The van der Waals surface area contributed by atoms with Crippen molar-refractivity contribution in [3.8, 4) is 35.1 Å². The zero-order chi connectivity index (χ0) is 34.6. The Bertz CT molecular complexity index is 2540. The fourth-order valence-electron chi connectivity index (χ4n) is 6.04. The number of aromatic nitrogens is 4. The van der Waals surface area contributed by atoms with E-state index in [2.05, 4.69) is 48.0 Å². The second kappa shape index (κ2) is 13.9. The minimum Gasteiger partial charge on any atom is -0.497 e. The van der Waals surface area contributed by atoms with Crippen molar-refractivity contribution in [1.29, 1.82) is 10.5 Å². The van der Waals surface area contributed by atoms with E-state index in [1.54, 1.807) is 63.5 Å². The average Bonchev–Trinajstić information content (AvgIpc) is 3.77. The van der Waals surface area contributed by atoms with E-state index in [1.165, 1.54) is 0 Å². The summed E-state index contributed by atoms with van der Waals surface area (Å²) in [6, 6.07) is 29.2. The molecule has 0 aliphatic heterocycles. The molecule has 4 aromatic heterocycles. The molecule has 0 fully saturated rings. The molecule has 2 N–H and O–H groups in total. The molecular weight excluding hydrogens is 692 g/mol. The van der Waals surface area contributed by atoms with Crippen LogP contribution in [0.2, 0.25) is 0 Å². The number of H-pyrrole nitrogens is 2. The third-order valence-electron chi connectivity index (χ3n) is 8.34. The van der Waals surface area contributed by atoms with Crippen LogP contribution >= 0.6 is 15.9 Å². The van der Waals surface area contributed by atoms with Crippen LogP contribution in [0.25, 0.3) is 44.1 Å². The first-order valence-corrected chi connectivity index (χ1v) is 16.2. The predicted octanol–water partition coefficient (Wildman–Crippen LogP) is 9.58. The van der Waals surface area contributed by atoms with Gasteiger partial charge >= 0.3 is 0 Å². The molecule has 0 atom stereocenters. The lowest BCUT2D eigenvalue weighted by molar-refractivity contribution is 0.413. The molecule has 9 nitrogen and oxygen atoms in total. The first kappa shape index (κ1) is 32.0. The number of aromatic amines is 2. The van der Waals surface area contributed by atoms with Crippen molar-refractivity contribution < 1.29 is 14.2 Å². The van der Waals surface area contributed by atoms with Crippen LogP contribution in [0.4, 0.5) is 0 Å². The molecule has 3 aromatic carbocycles. The van der Waals surface area contributed by atoms with Gasteiger partial charge in [0.05, 0.1) is 25.4 Å². The van der Waals surface area contributed by atoms with Crippen LogP contribution < -0.4 is 14.2 Å². The number of hydrogen-bond donors (Lipinski definition) is 2.